The standard InChI is InChI=1S/C21H21N3O3/c1-13(2)11-19(27)24-21-20(15-5-9-17(26)10-6-15)23-18(12-22-21)14-3-7-16(25)8-4-14/h3-10,12-13,25-26H,11H2,1-2H3,(H,22,24,27). The van der Waals surface area contributed by atoms with Crippen molar-refractivity contribution in [2.24, 2.45) is 5.92 Å². The fourth-order valence-electron chi connectivity index (χ4n) is 2.63. The van der Waals surface area contributed by atoms with Crippen molar-refractivity contribution in [2.75, 3.05) is 5.32 Å². The van der Waals surface area contributed by atoms with Gasteiger partial charge < -0.3 is 15.5 Å². The van der Waals surface area contributed by atoms with Crippen molar-refractivity contribution in [3.05, 3.63) is 54.7 Å². The van der Waals surface area contributed by atoms with E-state index in [0.29, 0.717) is 23.6 Å². The average Bonchev–Trinajstić information content (AvgIpc) is 2.63. The topological polar surface area (TPSA) is 95.3 Å². The smallest absolute Gasteiger partial charge is 0.225 e. The van der Waals surface area contributed by atoms with Crippen LogP contribution < -0.4 is 5.32 Å². The number of aromatic nitrogens is 2. The van der Waals surface area contributed by atoms with Gasteiger partial charge in [-0.05, 0) is 54.4 Å². The van der Waals surface area contributed by atoms with Gasteiger partial charge in [0.2, 0.25) is 5.91 Å². The molecule has 1 heterocycles. The molecule has 27 heavy (non-hydrogen) atoms. The van der Waals surface area contributed by atoms with Gasteiger partial charge in [-0.25, -0.2) is 9.97 Å². The molecule has 0 spiro atoms. The van der Waals surface area contributed by atoms with E-state index < -0.39 is 0 Å². The number of hydrogen-bond acceptors (Lipinski definition) is 5. The van der Waals surface area contributed by atoms with E-state index in [2.05, 4.69) is 15.3 Å². The molecule has 0 radical (unpaired) electrons. The number of phenolic OH excluding ortho intramolecular Hbond substituents is 2. The Bertz CT molecular complexity index is 936. The van der Waals surface area contributed by atoms with E-state index >= 15 is 0 Å². The molecular formula is C21H21N3O3. The molecule has 0 saturated carbocycles. The highest BCUT2D eigenvalue weighted by atomic mass is 16.3. The first-order valence-corrected chi connectivity index (χ1v) is 8.68. The monoisotopic (exact) mass is 363 g/mol. The molecule has 0 aliphatic carbocycles. The molecule has 1 aromatic heterocycles. The Balaban J connectivity index is 2.03. The number of nitrogens with zero attached hydrogens (tertiary/aromatic N) is 2. The number of carbonyl (C=O) groups is 1. The van der Waals surface area contributed by atoms with Gasteiger partial charge in [0.25, 0.3) is 0 Å². The first-order valence-electron chi connectivity index (χ1n) is 8.68. The molecule has 0 saturated heterocycles. The number of benzene rings is 2. The Kier molecular flexibility index (Phi) is 5.35. The van der Waals surface area contributed by atoms with Crippen molar-refractivity contribution in [1.82, 2.24) is 9.97 Å². The summed E-state index contributed by atoms with van der Waals surface area (Å²) in [6, 6.07) is 13.2. The summed E-state index contributed by atoms with van der Waals surface area (Å²) in [6.07, 6.45) is 1.97. The minimum absolute atomic E-state index is 0.128. The number of rotatable bonds is 5. The number of carbonyl (C=O) groups excluding carboxylic acids is 1. The summed E-state index contributed by atoms with van der Waals surface area (Å²) >= 11 is 0. The molecule has 3 aromatic rings. The van der Waals surface area contributed by atoms with Crippen LogP contribution >= 0.6 is 0 Å². The predicted molar refractivity (Wildman–Crippen MR) is 104 cm³/mol. The van der Waals surface area contributed by atoms with E-state index in [1.165, 1.54) is 0 Å². The minimum atomic E-state index is -0.128. The van der Waals surface area contributed by atoms with Crippen LogP contribution in [0.1, 0.15) is 20.3 Å². The van der Waals surface area contributed by atoms with Crippen LogP contribution in [-0.2, 0) is 4.79 Å². The first-order chi connectivity index (χ1) is 12.9. The predicted octanol–water partition coefficient (Wildman–Crippen LogP) is 4.21. The lowest BCUT2D eigenvalue weighted by Gasteiger charge is -2.12. The molecule has 1 amide bonds. The molecule has 0 atom stereocenters. The molecule has 2 aromatic carbocycles. The molecule has 0 aliphatic heterocycles. The van der Waals surface area contributed by atoms with Crippen molar-refractivity contribution in [3.63, 3.8) is 0 Å². The molecule has 0 fully saturated rings. The van der Waals surface area contributed by atoms with Gasteiger partial charge in [0.15, 0.2) is 5.82 Å². The van der Waals surface area contributed by atoms with E-state index in [4.69, 9.17) is 0 Å². The molecule has 3 rings (SSSR count). The third kappa shape index (κ3) is 4.61. The molecule has 3 N–H and O–H groups in total. The highest BCUT2D eigenvalue weighted by Gasteiger charge is 2.15. The van der Waals surface area contributed by atoms with Crippen LogP contribution in [0, 0.1) is 5.92 Å². The van der Waals surface area contributed by atoms with Gasteiger partial charge in [0, 0.05) is 17.5 Å². The number of nitrogens with one attached hydrogen (secondary N) is 1. The number of phenols is 2. The zero-order chi connectivity index (χ0) is 19.4. The second kappa shape index (κ2) is 7.86. The highest BCUT2D eigenvalue weighted by Crippen LogP contribution is 2.29. The second-order valence-corrected chi connectivity index (χ2v) is 6.69. The fraction of sp³-hybridized carbons (Fsp3) is 0.190. The fourth-order valence-corrected chi connectivity index (χ4v) is 2.63. The Labute approximate surface area is 157 Å². The molecule has 0 aliphatic rings. The van der Waals surface area contributed by atoms with Crippen LogP contribution in [0.15, 0.2) is 54.7 Å². The Morgan fingerprint density at radius 3 is 2.07 bits per heavy atom. The van der Waals surface area contributed by atoms with Crippen molar-refractivity contribution in [3.8, 4) is 34.0 Å². The summed E-state index contributed by atoms with van der Waals surface area (Å²) in [5.41, 5.74) is 2.64. The Hall–Kier alpha value is -3.41. The van der Waals surface area contributed by atoms with Gasteiger partial charge in [-0.2, -0.15) is 0 Å². The summed E-state index contributed by atoms with van der Waals surface area (Å²) in [5.74, 6) is 0.784. The van der Waals surface area contributed by atoms with Crippen molar-refractivity contribution in [2.45, 2.75) is 20.3 Å². The van der Waals surface area contributed by atoms with Gasteiger partial charge in [-0.3, -0.25) is 4.79 Å². The summed E-state index contributed by atoms with van der Waals surface area (Å²) in [7, 11) is 0. The Morgan fingerprint density at radius 2 is 1.52 bits per heavy atom. The number of hydrogen-bond donors (Lipinski definition) is 3. The summed E-state index contributed by atoms with van der Waals surface area (Å²) in [4.78, 5) is 21.3. The van der Waals surface area contributed by atoms with Crippen molar-refractivity contribution < 1.29 is 15.0 Å². The van der Waals surface area contributed by atoms with E-state index in [-0.39, 0.29) is 23.3 Å². The van der Waals surface area contributed by atoms with Gasteiger partial charge in [-0.1, -0.05) is 13.8 Å². The van der Waals surface area contributed by atoms with Crippen LogP contribution in [0.5, 0.6) is 11.5 Å². The van der Waals surface area contributed by atoms with Gasteiger partial charge in [0.05, 0.1) is 11.9 Å². The van der Waals surface area contributed by atoms with Crippen molar-refractivity contribution >= 4 is 11.7 Å². The minimum Gasteiger partial charge on any atom is -0.508 e. The average molecular weight is 363 g/mol. The molecule has 0 unspecified atom stereocenters. The van der Waals surface area contributed by atoms with Gasteiger partial charge >= 0.3 is 0 Å². The van der Waals surface area contributed by atoms with Gasteiger partial charge in [0.1, 0.15) is 17.2 Å². The van der Waals surface area contributed by atoms with Crippen LogP contribution in [-0.4, -0.2) is 26.1 Å². The largest absolute Gasteiger partial charge is 0.508 e. The highest BCUT2D eigenvalue weighted by molar-refractivity contribution is 5.93. The molecule has 6 heteroatoms. The molecule has 138 valence electrons. The molecule has 0 bridgehead atoms. The maximum Gasteiger partial charge on any atom is 0.225 e. The number of aromatic hydroxyl groups is 2. The number of amides is 1. The van der Waals surface area contributed by atoms with Crippen LogP contribution in [0.2, 0.25) is 0 Å². The first kappa shape index (κ1) is 18.4. The van der Waals surface area contributed by atoms with Gasteiger partial charge in [-0.15, -0.1) is 0 Å². The lowest BCUT2D eigenvalue weighted by atomic mass is 10.1. The second-order valence-electron chi connectivity index (χ2n) is 6.69. The SMILES string of the molecule is CC(C)CC(=O)Nc1ncc(-c2ccc(O)cc2)nc1-c1ccc(O)cc1. The van der Waals surface area contributed by atoms with E-state index in [1.807, 2.05) is 13.8 Å². The lowest BCUT2D eigenvalue weighted by Crippen LogP contribution is -2.16. The normalized spacial score (nSPS) is 10.8. The quantitative estimate of drug-likeness (QED) is 0.631. The zero-order valence-corrected chi connectivity index (χ0v) is 15.2. The van der Waals surface area contributed by atoms with E-state index in [9.17, 15) is 15.0 Å². The Morgan fingerprint density at radius 1 is 0.963 bits per heavy atom. The summed E-state index contributed by atoms with van der Waals surface area (Å²) < 4.78 is 0. The third-order valence-corrected chi connectivity index (χ3v) is 3.93. The van der Waals surface area contributed by atoms with Crippen LogP contribution in [0.25, 0.3) is 22.5 Å². The molecule has 6 nitrogen and oxygen atoms in total. The third-order valence-electron chi connectivity index (χ3n) is 3.93. The van der Waals surface area contributed by atoms with Crippen LogP contribution in [0.4, 0.5) is 5.82 Å². The summed E-state index contributed by atoms with van der Waals surface area (Å²) in [6.45, 7) is 3.94. The lowest BCUT2D eigenvalue weighted by molar-refractivity contribution is -0.116. The molecular weight excluding hydrogens is 342 g/mol. The zero-order valence-electron chi connectivity index (χ0n) is 15.2. The maximum atomic E-state index is 12.2. The van der Waals surface area contributed by atoms with E-state index in [1.54, 1.807) is 54.7 Å². The van der Waals surface area contributed by atoms with Crippen molar-refractivity contribution in [1.29, 1.82) is 0 Å². The summed E-state index contributed by atoms with van der Waals surface area (Å²) in [5, 5.41) is 21.8. The maximum absolute atomic E-state index is 12.2. The number of anilines is 1. The van der Waals surface area contributed by atoms with E-state index in [0.717, 1.165) is 11.1 Å². The van der Waals surface area contributed by atoms with Crippen LogP contribution in [0.3, 0.4) is 0 Å².